The Labute approximate surface area is 746 Å². The number of halogens is 8. The van der Waals surface area contributed by atoms with Crippen molar-refractivity contribution in [2.45, 2.75) is 85.7 Å². The molecule has 630 valence electrons. The van der Waals surface area contributed by atoms with Crippen LogP contribution < -0.4 is 11.1 Å². The highest BCUT2D eigenvalue weighted by atomic mass is 79.9. The third-order valence-corrected chi connectivity index (χ3v) is 27.5. The molecule has 0 bridgehead atoms. The first-order chi connectivity index (χ1) is 58.0. The summed E-state index contributed by atoms with van der Waals surface area (Å²) in [6.45, 7) is 3.55. The number of esters is 3. The van der Waals surface area contributed by atoms with Gasteiger partial charge in [0, 0.05) is 51.5 Å². The Morgan fingerprint density at radius 1 is 0.446 bits per heavy atom. The van der Waals surface area contributed by atoms with Crippen LogP contribution in [0.2, 0.25) is 20.1 Å². The lowest BCUT2D eigenvalue weighted by molar-refractivity contribution is -0.184. The fourth-order valence-electron chi connectivity index (χ4n) is 17.4. The number of aliphatic hydroxyl groups is 1. The number of nitrogens with zero attached hydrogens (tertiary/aromatic N) is 7. The number of nitrogens with one attached hydrogen (secondary N) is 2. The summed E-state index contributed by atoms with van der Waals surface area (Å²) >= 11 is 38.7. The third-order valence-electron chi connectivity index (χ3n) is 24.0. The summed E-state index contributed by atoms with van der Waals surface area (Å²) in [5.74, 6) is -2.79. The van der Waals surface area contributed by atoms with E-state index in [0.29, 0.717) is 134 Å². The van der Waals surface area contributed by atoms with Gasteiger partial charge in [-0.05, 0) is 182 Å². The molecular formula is C87H80Br4Cl4N10O16. The molecule has 0 radical (unpaired) electrons. The number of methoxy groups -OCH3 is 3. The topological polar surface area (TPSA) is 348 Å². The highest BCUT2D eigenvalue weighted by molar-refractivity contribution is 9.11. The average Bonchev–Trinajstić information content (AvgIpc) is 1.71. The van der Waals surface area contributed by atoms with Crippen molar-refractivity contribution in [3.05, 3.63) is 253 Å². The number of rotatable bonds is 14. The van der Waals surface area contributed by atoms with E-state index in [4.69, 9.17) is 90.8 Å². The molecule has 8 heterocycles. The van der Waals surface area contributed by atoms with Crippen LogP contribution in [-0.4, -0.2) is 177 Å². The van der Waals surface area contributed by atoms with E-state index in [1.165, 1.54) is 27.4 Å². The van der Waals surface area contributed by atoms with E-state index in [0.717, 1.165) is 102 Å². The number of aromatic nitrogens is 8. The molecule has 4 saturated carbocycles. The number of hydrogen-bond acceptors (Lipinski definition) is 19. The molecule has 8 aliphatic rings. The molecule has 0 unspecified atom stereocenters. The number of carboxylic acid groups (broad SMARTS) is 2. The monoisotopic (exact) mass is 1980 g/mol. The highest BCUT2D eigenvalue weighted by Gasteiger charge is 2.57. The summed E-state index contributed by atoms with van der Waals surface area (Å²) in [4.78, 5) is 70.9. The molecule has 0 atom stereocenters. The first-order valence-electron chi connectivity index (χ1n) is 38.5. The summed E-state index contributed by atoms with van der Waals surface area (Å²) in [5, 5.41) is 56.4. The summed E-state index contributed by atoms with van der Waals surface area (Å²) < 4.78 is 45.5. The van der Waals surface area contributed by atoms with Crippen LogP contribution in [0.1, 0.15) is 115 Å². The van der Waals surface area contributed by atoms with E-state index < -0.39 is 46.1 Å². The van der Waals surface area contributed by atoms with Crippen molar-refractivity contribution >= 4 is 189 Å². The smallest absolute Gasteiger partial charge is 0.340 e. The Morgan fingerprint density at radius 2 is 0.802 bits per heavy atom. The molecule has 12 aromatic rings. The van der Waals surface area contributed by atoms with Crippen molar-refractivity contribution in [1.29, 1.82) is 0 Å². The van der Waals surface area contributed by atoms with Crippen LogP contribution in [0.3, 0.4) is 0 Å². The second kappa shape index (κ2) is 35.5. The molecule has 20 rings (SSSR count). The van der Waals surface area contributed by atoms with Gasteiger partial charge in [0.15, 0.2) is 0 Å². The van der Waals surface area contributed by atoms with Crippen molar-refractivity contribution < 1.29 is 77.2 Å². The van der Waals surface area contributed by atoms with Crippen molar-refractivity contribution in [1.82, 2.24) is 44.9 Å². The average molecular weight is 1980 g/mol. The predicted octanol–water partition coefficient (Wildman–Crippen LogP) is 16.9. The number of ether oxygens (including phenoxy) is 7. The summed E-state index contributed by atoms with van der Waals surface area (Å²) in [6.07, 6.45) is 13.9. The minimum Gasteiger partial charge on any atom is -0.481 e. The van der Waals surface area contributed by atoms with E-state index in [9.17, 15) is 39.0 Å². The van der Waals surface area contributed by atoms with Crippen molar-refractivity contribution in [3.8, 4) is 0 Å². The molecule has 7 N–H and O–H groups in total. The summed E-state index contributed by atoms with van der Waals surface area (Å²) in [5.41, 5.74) is 12.1. The first-order valence-corrected chi connectivity index (χ1v) is 43.1. The van der Waals surface area contributed by atoms with Gasteiger partial charge in [0.05, 0.1) is 175 Å². The number of amides is 1. The second-order valence-electron chi connectivity index (χ2n) is 31.7. The number of hydrogen-bond donors (Lipinski definition) is 6. The molecule has 4 aromatic heterocycles. The van der Waals surface area contributed by atoms with Crippen LogP contribution >= 0.6 is 110 Å². The molecule has 4 saturated heterocycles. The van der Waals surface area contributed by atoms with Crippen molar-refractivity contribution in [3.63, 3.8) is 0 Å². The second-order valence-corrected chi connectivity index (χ2v) is 37.0. The lowest BCUT2D eigenvalue weighted by atomic mass is 9.50. The largest absolute Gasteiger partial charge is 0.481 e. The molecule has 8 aromatic carbocycles. The first kappa shape index (κ1) is 87.2. The SMILES string of the molecule is COC(=O)C1CC2(CC(NC(=O)c3ccc(Cl)c4cnn(C5(c6ccc(Br)cc6)COC5)c34)C2)C1.COC(=O)c1ccc(Cl)c2cn[nH]c12.COC(=O)c1ccc(Cl)c2cnn(C3(c4ccc(Br)cc4)COC3)c12.NC1CC2(C1)CC(C(=O)O)C2.O=C(O)c1ccc(Cl)c2cnn(C3(c4ccc(Br)cc4)COC3)c12.OC1(c2ccc(Br)cc2)COC1. The lowest BCUT2D eigenvalue weighted by Gasteiger charge is -2.56. The zero-order chi connectivity index (χ0) is 85.7. The maximum atomic E-state index is 13.5. The number of nitrogens with two attached hydrogens (primary N) is 1. The van der Waals surface area contributed by atoms with Crippen molar-refractivity contribution in [2.24, 2.45) is 28.4 Å². The molecule has 26 nitrogen and oxygen atoms in total. The molecule has 2 spiro atoms. The van der Waals surface area contributed by atoms with Gasteiger partial charge in [-0.15, -0.1) is 0 Å². The van der Waals surface area contributed by atoms with Gasteiger partial charge < -0.3 is 59.5 Å². The fourth-order valence-corrected chi connectivity index (χ4v) is 19.2. The molecular weight excluding hydrogens is 1900 g/mol. The summed E-state index contributed by atoms with van der Waals surface area (Å²) in [6, 6.07) is 45.4. The number of carbonyl (C=O) groups is 6. The van der Waals surface area contributed by atoms with Gasteiger partial charge in [-0.3, -0.25) is 19.5 Å². The van der Waals surface area contributed by atoms with Gasteiger partial charge in [0.25, 0.3) is 5.91 Å². The van der Waals surface area contributed by atoms with Gasteiger partial charge >= 0.3 is 29.8 Å². The number of aromatic amines is 1. The quantitative estimate of drug-likeness (QED) is 0.0435. The van der Waals surface area contributed by atoms with Crippen LogP contribution in [0.25, 0.3) is 43.6 Å². The molecule has 1 amide bonds. The van der Waals surface area contributed by atoms with E-state index >= 15 is 0 Å². The normalized spacial score (nSPS) is 21.7. The van der Waals surface area contributed by atoms with Gasteiger partial charge in [-0.25, -0.2) is 28.4 Å². The Hall–Kier alpha value is -8.70. The Balaban J connectivity index is 0.000000118. The lowest BCUT2D eigenvalue weighted by Crippen LogP contribution is -2.57. The van der Waals surface area contributed by atoms with Gasteiger partial charge in [0.2, 0.25) is 0 Å². The zero-order valence-electron chi connectivity index (χ0n) is 65.2. The number of benzene rings is 8. The van der Waals surface area contributed by atoms with Crippen LogP contribution in [0.4, 0.5) is 0 Å². The minimum atomic E-state index is -1.01. The number of aliphatic carboxylic acids is 1. The van der Waals surface area contributed by atoms with Crippen LogP contribution in [0, 0.1) is 22.7 Å². The molecule has 8 fully saturated rings. The maximum absolute atomic E-state index is 13.5. The standard InChI is InChI=1S/C26H25BrClN3O4.C18H14BrClN2O3.C17H12BrClN2O3.C9H9BrO2.C9H7ClN2O2.C8H13NO2/c1-34-24(33)15-8-25(9-15)10-18(11-25)30-23(32)19-6-7-21(28)20-12-29-31(22(19)20)26(13-35-14-26)16-2-4-17(27)5-3-16;1-24-17(23)13-6-7-15(20)14-8-21-22(16(13)14)18(9-25-10-18)11-2-4-12(19)5-3-11;18-11-3-1-10(2-4-11)17(8-24-9-17)21-15-12(16(22)23)5-6-14(19)13(15)7-20-21;10-8-3-1-7(2-4-8)9(11)5-12-6-9;1-14-9(13)5-2-3-7(10)6-4-11-12-8(5)6;9-6-3-8(4-6)1-5(2-8)7(10)11/h2-7,12,15,18H,8-11,13-14H2,1H3,(H,30,32);2-8H,9-10H2,1H3;1-7H,8-9H2,(H,22,23);1-4,11H,5-6H2;2-4H,1H3,(H,11,12);5-6H,1-4,9H2,(H,10,11). The number of fused-ring (bicyclic) bond motifs is 4. The zero-order valence-corrected chi connectivity index (χ0v) is 74.5. The van der Waals surface area contributed by atoms with Gasteiger partial charge in [0.1, 0.15) is 22.2 Å². The van der Waals surface area contributed by atoms with E-state index in [2.05, 4.69) is 106 Å². The number of H-pyrrole nitrogens is 1. The van der Waals surface area contributed by atoms with Gasteiger partial charge in [-0.1, -0.05) is 159 Å². The minimum absolute atomic E-state index is 0.00129. The van der Waals surface area contributed by atoms with Crippen molar-refractivity contribution in [2.75, 3.05) is 74.2 Å². The van der Waals surface area contributed by atoms with E-state index in [1.54, 1.807) is 71.9 Å². The Bertz CT molecular complexity index is 5930. The number of carbonyl (C=O) groups excluding carboxylic acids is 4. The fraction of sp³-hybridized carbons (Fsp3) is 0.333. The molecule has 34 heteroatoms. The van der Waals surface area contributed by atoms with Crippen LogP contribution in [0.5, 0.6) is 0 Å². The maximum Gasteiger partial charge on any atom is 0.340 e. The number of aromatic carboxylic acids is 1. The third kappa shape index (κ3) is 16.9. The summed E-state index contributed by atoms with van der Waals surface area (Å²) in [7, 11) is 4.13. The van der Waals surface area contributed by atoms with E-state index in [-0.39, 0.29) is 40.7 Å². The van der Waals surface area contributed by atoms with Crippen LogP contribution in [-0.2, 0) is 65.0 Å². The van der Waals surface area contributed by atoms with Crippen LogP contribution in [0.15, 0.2) is 188 Å². The molecule has 4 aliphatic carbocycles. The Morgan fingerprint density at radius 3 is 1.17 bits per heavy atom. The number of carboxylic acids is 2. The highest BCUT2D eigenvalue weighted by Crippen LogP contribution is 2.60. The van der Waals surface area contributed by atoms with E-state index in [1.807, 2.05) is 94.3 Å². The molecule has 4 aliphatic heterocycles. The predicted molar refractivity (Wildman–Crippen MR) is 468 cm³/mol. The molecule has 121 heavy (non-hydrogen) atoms. The van der Waals surface area contributed by atoms with Gasteiger partial charge in [-0.2, -0.15) is 20.4 Å². The Kier molecular flexibility index (Phi) is 25.6.